The highest BCUT2D eigenvalue weighted by molar-refractivity contribution is 7.92. The van der Waals surface area contributed by atoms with Gasteiger partial charge in [-0.2, -0.15) is 13.2 Å². The van der Waals surface area contributed by atoms with Gasteiger partial charge in [-0.25, -0.2) is 8.42 Å². The Morgan fingerprint density at radius 1 is 0.885 bits per heavy atom. The summed E-state index contributed by atoms with van der Waals surface area (Å²) in [7, 11) is -1.32. The van der Waals surface area contributed by atoms with Gasteiger partial charge in [0, 0.05) is 6.54 Å². The van der Waals surface area contributed by atoms with Gasteiger partial charge in [0.15, 0.2) is 0 Å². The average Bonchev–Trinajstić information content (AvgIpc) is 2.61. The Morgan fingerprint density at radius 3 is 1.77 bits per heavy atom. The molecule has 2 aromatic rings. The number of ether oxygens (including phenoxy) is 2. The number of benzene rings is 2. The van der Waals surface area contributed by atoms with Crippen molar-refractivity contribution in [2.75, 3.05) is 25.1 Å². The summed E-state index contributed by atoms with van der Waals surface area (Å²) in [6, 6.07) is 11.2. The molecule has 0 amide bonds. The summed E-state index contributed by atoms with van der Waals surface area (Å²) in [5, 5.41) is 0. The Morgan fingerprint density at radius 2 is 1.35 bits per heavy atom. The zero-order chi connectivity index (χ0) is 19.4. The monoisotopic (exact) mass is 389 g/mol. The highest BCUT2D eigenvalue weighted by atomic mass is 32.2. The van der Waals surface area contributed by atoms with E-state index in [4.69, 9.17) is 9.47 Å². The SMILES string of the molecule is COc1ccc(N(CCC(F)(F)F)S(=O)(=O)c2ccc(OC)cc2)cc1. The van der Waals surface area contributed by atoms with E-state index in [-0.39, 0.29) is 10.6 Å². The molecule has 0 heterocycles. The zero-order valence-electron chi connectivity index (χ0n) is 14.2. The van der Waals surface area contributed by atoms with Crippen LogP contribution in [0.3, 0.4) is 0 Å². The van der Waals surface area contributed by atoms with E-state index in [1.165, 1.54) is 62.8 Å². The number of nitrogens with zero attached hydrogens (tertiary/aromatic N) is 1. The summed E-state index contributed by atoms with van der Waals surface area (Å²) in [6.07, 6.45) is -5.76. The fraction of sp³-hybridized carbons (Fsp3) is 0.294. The molecule has 142 valence electrons. The third-order valence-electron chi connectivity index (χ3n) is 3.61. The van der Waals surface area contributed by atoms with E-state index in [0.29, 0.717) is 11.5 Å². The van der Waals surface area contributed by atoms with Gasteiger partial charge in [0.05, 0.1) is 31.2 Å². The second-order valence-electron chi connectivity index (χ2n) is 5.32. The maximum Gasteiger partial charge on any atom is 0.390 e. The van der Waals surface area contributed by atoms with Gasteiger partial charge in [-0.3, -0.25) is 4.31 Å². The van der Waals surface area contributed by atoms with Gasteiger partial charge in [0.1, 0.15) is 11.5 Å². The van der Waals surface area contributed by atoms with Crippen LogP contribution in [-0.2, 0) is 10.0 Å². The minimum atomic E-state index is -4.49. The molecule has 2 aromatic carbocycles. The number of hydrogen-bond donors (Lipinski definition) is 0. The predicted molar refractivity (Wildman–Crippen MR) is 91.2 cm³/mol. The van der Waals surface area contributed by atoms with Crippen molar-refractivity contribution in [1.82, 2.24) is 0 Å². The highest BCUT2D eigenvalue weighted by Crippen LogP contribution is 2.29. The van der Waals surface area contributed by atoms with E-state index in [0.717, 1.165) is 4.31 Å². The first-order valence-electron chi connectivity index (χ1n) is 7.55. The Kier molecular flexibility index (Phi) is 6.01. The summed E-state index contributed by atoms with van der Waals surface area (Å²) in [5.41, 5.74) is 0.117. The van der Waals surface area contributed by atoms with Crippen molar-refractivity contribution in [3.05, 3.63) is 48.5 Å². The van der Waals surface area contributed by atoms with E-state index < -0.39 is 29.2 Å². The average molecular weight is 389 g/mol. The second kappa shape index (κ2) is 7.86. The molecule has 0 aliphatic carbocycles. The first-order valence-corrected chi connectivity index (χ1v) is 8.99. The van der Waals surface area contributed by atoms with Crippen LogP contribution in [-0.4, -0.2) is 35.4 Å². The number of halogens is 3. The van der Waals surface area contributed by atoms with Crippen LogP contribution in [0.4, 0.5) is 18.9 Å². The molecule has 0 atom stereocenters. The van der Waals surface area contributed by atoms with Gasteiger partial charge < -0.3 is 9.47 Å². The Labute approximate surface area is 150 Å². The molecule has 0 unspecified atom stereocenters. The second-order valence-corrected chi connectivity index (χ2v) is 7.18. The predicted octanol–water partition coefficient (Wildman–Crippen LogP) is 3.85. The number of rotatable bonds is 7. The molecule has 0 aliphatic rings. The molecule has 0 N–H and O–H groups in total. The van der Waals surface area contributed by atoms with Crippen LogP contribution >= 0.6 is 0 Å². The Hall–Kier alpha value is -2.42. The van der Waals surface area contributed by atoms with Crippen LogP contribution in [0.1, 0.15) is 6.42 Å². The smallest absolute Gasteiger partial charge is 0.390 e. The molecule has 0 radical (unpaired) electrons. The van der Waals surface area contributed by atoms with E-state index in [9.17, 15) is 21.6 Å². The van der Waals surface area contributed by atoms with Crippen LogP contribution in [0, 0.1) is 0 Å². The van der Waals surface area contributed by atoms with Gasteiger partial charge in [0.2, 0.25) is 0 Å². The summed E-state index contributed by atoms with van der Waals surface area (Å²) in [5.74, 6) is 0.904. The van der Waals surface area contributed by atoms with E-state index in [1.54, 1.807) is 0 Å². The topological polar surface area (TPSA) is 55.8 Å². The number of alkyl halides is 3. The first kappa shape index (κ1) is 19.9. The van der Waals surface area contributed by atoms with Gasteiger partial charge in [0.25, 0.3) is 10.0 Å². The molecular formula is C17H18F3NO4S. The first-order chi connectivity index (χ1) is 12.2. The largest absolute Gasteiger partial charge is 0.497 e. The fourth-order valence-corrected chi connectivity index (χ4v) is 3.71. The van der Waals surface area contributed by atoms with Crippen molar-refractivity contribution in [2.45, 2.75) is 17.5 Å². The van der Waals surface area contributed by atoms with Crippen molar-refractivity contribution in [3.63, 3.8) is 0 Å². The number of sulfonamides is 1. The van der Waals surface area contributed by atoms with Gasteiger partial charge in [-0.1, -0.05) is 0 Å². The van der Waals surface area contributed by atoms with Gasteiger partial charge >= 0.3 is 6.18 Å². The van der Waals surface area contributed by atoms with Gasteiger partial charge in [-0.05, 0) is 48.5 Å². The lowest BCUT2D eigenvalue weighted by molar-refractivity contribution is -0.131. The summed E-state index contributed by atoms with van der Waals surface area (Å²) in [6.45, 7) is -0.732. The van der Waals surface area contributed by atoms with Crippen LogP contribution in [0.5, 0.6) is 11.5 Å². The van der Waals surface area contributed by atoms with Crippen LogP contribution in [0.25, 0.3) is 0 Å². The quantitative estimate of drug-likeness (QED) is 0.722. The number of methoxy groups -OCH3 is 2. The lowest BCUT2D eigenvalue weighted by Crippen LogP contribution is -2.34. The molecule has 9 heteroatoms. The third-order valence-corrected chi connectivity index (χ3v) is 5.45. The maximum absolute atomic E-state index is 12.9. The molecule has 0 saturated heterocycles. The molecule has 26 heavy (non-hydrogen) atoms. The number of hydrogen-bond acceptors (Lipinski definition) is 4. The lowest BCUT2D eigenvalue weighted by Gasteiger charge is -2.25. The maximum atomic E-state index is 12.9. The molecule has 0 fully saturated rings. The molecule has 0 bridgehead atoms. The van der Waals surface area contributed by atoms with Crippen LogP contribution < -0.4 is 13.8 Å². The fourth-order valence-electron chi connectivity index (χ4n) is 2.24. The van der Waals surface area contributed by atoms with E-state index in [1.807, 2.05) is 0 Å². The zero-order valence-corrected chi connectivity index (χ0v) is 15.0. The molecule has 0 spiro atoms. The molecule has 0 saturated carbocycles. The van der Waals surface area contributed by atoms with Crippen molar-refractivity contribution in [2.24, 2.45) is 0 Å². The Balaban J connectivity index is 2.42. The molecule has 0 aliphatic heterocycles. The van der Waals surface area contributed by atoms with E-state index >= 15 is 0 Å². The molecular weight excluding hydrogens is 371 g/mol. The van der Waals surface area contributed by atoms with E-state index in [2.05, 4.69) is 0 Å². The summed E-state index contributed by atoms with van der Waals surface area (Å²) in [4.78, 5) is -0.128. The lowest BCUT2D eigenvalue weighted by atomic mass is 10.3. The normalized spacial score (nSPS) is 11.9. The third kappa shape index (κ3) is 4.81. The van der Waals surface area contributed by atoms with Crippen LogP contribution in [0.15, 0.2) is 53.4 Å². The summed E-state index contributed by atoms with van der Waals surface area (Å²) < 4.78 is 74.5. The van der Waals surface area contributed by atoms with Crippen molar-refractivity contribution in [3.8, 4) is 11.5 Å². The molecule has 5 nitrogen and oxygen atoms in total. The van der Waals surface area contributed by atoms with Crippen LogP contribution in [0.2, 0.25) is 0 Å². The minimum absolute atomic E-state index is 0.117. The highest BCUT2D eigenvalue weighted by Gasteiger charge is 2.32. The Bertz CT molecular complexity index is 819. The van der Waals surface area contributed by atoms with Crippen molar-refractivity contribution < 1.29 is 31.1 Å². The van der Waals surface area contributed by atoms with Crippen molar-refractivity contribution in [1.29, 1.82) is 0 Å². The van der Waals surface area contributed by atoms with Crippen molar-refractivity contribution >= 4 is 15.7 Å². The number of anilines is 1. The standard InChI is InChI=1S/C17H18F3NO4S/c1-24-14-5-3-13(4-6-14)21(12-11-17(18,19)20)26(22,23)16-9-7-15(25-2)8-10-16/h3-10H,11-12H2,1-2H3. The minimum Gasteiger partial charge on any atom is -0.497 e. The summed E-state index contributed by atoms with van der Waals surface area (Å²) >= 11 is 0. The molecule has 0 aromatic heterocycles. The molecule has 2 rings (SSSR count). The van der Waals surface area contributed by atoms with Gasteiger partial charge in [-0.15, -0.1) is 0 Å².